The standard InChI is InChI=1S/C13H18F3N5/c1-4-7-18-10-8-11(21(3)9(2)5-6-17)20-12(19-10)13(14,15)16/h8-9H,4-5,7H2,1-3H3,(H,18,19,20). The van der Waals surface area contributed by atoms with Gasteiger partial charge in [-0.2, -0.15) is 18.4 Å². The highest BCUT2D eigenvalue weighted by molar-refractivity contribution is 5.50. The Labute approximate surface area is 121 Å². The van der Waals surface area contributed by atoms with Crippen LogP contribution < -0.4 is 10.2 Å². The maximum Gasteiger partial charge on any atom is 0.451 e. The van der Waals surface area contributed by atoms with Gasteiger partial charge in [-0.3, -0.25) is 0 Å². The molecule has 1 aromatic rings. The largest absolute Gasteiger partial charge is 0.451 e. The Hall–Kier alpha value is -2.04. The molecule has 116 valence electrons. The maximum absolute atomic E-state index is 12.9. The van der Waals surface area contributed by atoms with Gasteiger partial charge in [-0.1, -0.05) is 6.92 Å². The monoisotopic (exact) mass is 301 g/mol. The zero-order valence-electron chi connectivity index (χ0n) is 12.2. The molecule has 0 radical (unpaired) electrons. The number of hydrogen-bond acceptors (Lipinski definition) is 5. The molecule has 8 heteroatoms. The predicted molar refractivity (Wildman–Crippen MR) is 73.9 cm³/mol. The fraction of sp³-hybridized carbons (Fsp3) is 0.615. The lowest BCUT2D eigenvalue weighted by Gasteiger charge is -2.25. The fourth-order valence-corrected chi connectivity index (χ4v) is 1.58. The second-order valence-electron chi connectivity index (χ2n) is 4.68. The molecule has 0 saturated carbocycles. The van der Waals surface area contributed by atoms with Crippen LogP contribution in [0.2, 0.25) is 0 Å². The summed E-state index contributed by atoms with van der Waals surface area (Å²) in [5.74, 6) is -0.918. The van der Waals surface area contributed by atoms with Crippen molar-refractivity contribution in [2.24, 2.45) is 0 Å². The van der Waals surface area contributed by atoms with Crippen LogP contribution in [-0.2, 0) is 6.18 Å². The van der Waals surface area contributed by atoms with Crippen molar-refractivity contribution in [3.8, 4) is 6.07 Å². The normalized spacial score (nSPS) is 12.6. The van der Waals surface area contributed by atoms with Gasteiger partial charge in [-0.15, -0.1) is 0 Å². The summed E-state index contributed by atoms with van der Waals surface area (Å²) < 4.78 is 38.6. The molecule has 0 saturated heterocycles. The third kappa shape index (κ3) is 4.77. The summed E-state index contributed by atoms with van der Waals surface area (Å²) in [6.07, 6.45) is -3.65. The summed E-state index contributed by atoms with van der Waals surface area (Å²) in [7, 11) is 1.61. The molecule has 0 aliphatic carbocycles. The Morgan fingerprint density at radius 3 is 2.62 bits per heavy atom. The van der Waals surface area contributed by atoms with Crippen molar-refractivity contribution in [1.82, 2.24) is 9.97 Å². The van der Waals surface area contributed by atoms with Gasteiger partial charge in [0.1, 0.15) is 11.6 Å². The first kappa shape index (κ1) is 17.0. The van der Waals surface area contributed by atoms with Crippen molar-refractivity contribution >= 4 is 11.6 Å². The lowest BCUT2D eigenvalue weighted by Crippen LogP contribution is -2.30. The van der Waals surface area contributed by atoms with Gasteiger partial charge in [0.2, 0.25) is 5.82 Å². The molecule has 1 N–H and O–H groups in total. The zero-order chi connectivity index (χ0) is 16.0. The first-order valence-corrected chi connectivity index (χ1v) is 6.59. The van der Waals surface area contributed by atoms with Crippen molar-refractivity contribution in [1.29, 1.82) is 5.26 Å². The van der Waals surface area contributed by atoms with Crippen LogP contribution in [0, 0.1) is 11.3 Å². The van der Waals surface area contributed by atoms with E-state index in [-0.39, 0.29) is 24.1 Å². The van der Waals surface area contributed by atoms with Crippen LogP contribution in [0.15, 0.2) is 6.07 Å². The molecule has 5 nitrogen and oxygen atoms in total. The SMILES string of the molecule is CCCNc1cc(N(C)C(C)CC#N)nc(C(F)(F)F)n1. The molecule has 0 amide bonds. The van der Waals surface area contributed by atoms with E-state index in [1.165, 1.54) is 11.0 Å². The molecule has 0 fully saturated rings. The highest BCUT2D eigenvalue weighted by Crippen LogP contribution is 2.29. The lowest BCUT2D eigenvalue weighted by molar-refractivity contribution is -0.144. The average molecular weight is 301 g/mol. The average Bonchev–Trinajstić information content (AvgIpc) is 2.43. The number of nitrogens with one attached hydrogen (secondary N) is 1. The Morgan fingerprint density at radius 1 is 1.43 bits per heavy atom. The third-order valence-corrected chi connectivity index (χ3v) is 2.93. The molecule has 0 aliphatic heterocycles. The summed E-state index contributed by atoms with van der Waals surface area (Å²) in [5.41, 5.74) is 0. The number of hydrogen-bond donors (Lipinski definition) is 1. The van der Waals surface area contributed by atoms with Gasteiger partial charge in [-0.25, -0.2) is 9.97 Å². The van der Waals surface area contributed by atoms with Crippen molar-refractivity contribution in [3.63, 3.8) is 0 Å². The third-order valence-electron chi connectivity index (χ3n) is 2.93. The van der Waals surface area contributed by atoms with E-state index < -0.39 is 12.0 Å². The van der Waals surface area contributed by atoms with E-state index in [1.807, 2.05) is 13.0 Å². The zero-order valence-corrected chi connectivity index (χ0v) is 12.2. The van der Waals surface area contributed by atoms with Crippen molar-refractivity contribution in [2.75, 3.05) is 23.8 Å². The van der Waals surface area contributed by atoms with Crippen LogP contribution >= 0.6 is 0 Å². The predicted octanol–water partition coefficient (Wildman–Crippen LogP) is 3.06. The van der Waals surface area contributed by atoms with Crippen LogP contribution in [0.1, 0.15) is 32.5 Å². The molecule has 1 heterocycles. The highest BCUT2D eigenvalue weighted by atomic mass is 19.4. The van der Waals surface area contributed by atoms with Gasteiger partial charge in [0.25, 0.3) is 0 Å². The molecule has 1 unspecified atom stereocenters. The van der Waals surface area contributed by atoms with E-state index in [0.29, 0.717) is 6.54 Å². The summed E-state index contributed by atoms with van der Waals surface area (Å²) >= 11 is 0. The Bertz CT molecular complexity index is 510. The number of halogens is 3. The van der Waals surface area contributed by atoms with Crippen LogP contribution in [-0.4, -0.2) is 29.6 Å². The molecule has 21 heavy (non-hydrogen) atoms. The first-order valence-electron chi connectivity index (χ1n) is 6.59. The number of anilines is 2. The van der Waals surface area contributed by atoms with Gasteiger partial charge in [0.15, 0.2) is 0 Å². The minimum atomic E-state index is -4.61. The molecular formula is C13H18F3N5. The summed E-state index contributed by atoms with van der Waals surface area (Å²) in [6.45, 7) is 4.17. The second kappa shape index (κ2) is 7.11. The van der Waals surface area contributed by atoms with Gasteiger partial charge in [0, 0.05) is 25.7 Å². The van der Waals surface area contributed by atoms with E-state index in [2.05, 4.69) is 15.3 Å². The molecule has 1 aromatic heterocycles. The fourth-order valence-electron chi connectivity index (χ4n) is 1.58. The van der Waals surface area contributed by atoms with E-state index in [9.17, 15) is 13.2 Å². The van der Waals surface area contributed by atoms with E-state index in [4.69, 9.17) is 5.26 Å². The van der Waals surface area contributed by atoms with Crippen LogP contribution in [0.4, 0.5) is 24.8 Å². The molecule has 0 bridgehead atoms. The van der Waals surface area contributed by atoms with Gasteiger partial charge >= 0.3 is 6.18 Å². The molecule has 1 rings (SSSR count). The number of alkyl halides is 3. The molecule has 1 atom stereocenters. The number of nitrogens with zero attached hydrogens (tertiary/aromatic N) is 4. The molecular weight excluding hydrogens is 283 g/mol. The lowest BCUT2D eigenvalue weighted by atomic mass is 10.2. The summed E-state index contributed by atoms with van der Waals surface area (Å²) in [6, 6.07) is 3.20. The van der Waals surface area contributed by atoms with Gasteiger partial charge < -0.3 is 10.2 Å². The molecule has 0 spiro atoms. The highest BCUT2D eigenvalue weighted by Gasteiger charge is 2.36. The summed E-state index contributed by atoms with van der Waals surface area (Å²) in [4.78, 5) is 8.59. The minimum Gasteiger partial charge on any atom is -0.370 e. The van der Waals surface area contributed by atoms with E-state index in [0.717, 1.165) is 6.42 Å². The van der Waals surface area contributed by atoms with Crippen LogP contribution in [0.5, 0.6) is 0 Å². The van der Waals surface area contributed by atoms with Crippen molar-refractivity contribution in [2.45, 2.75) is 38.9 Å². The second-order valence-corrected chi connectivity index (χ2v) is 4.68. The Morgan fingerprint density at radius 2 is 2.10 bits per heavy atom. The number of aromatic nitrogens is 2. The number of nitriles is 1. The van der Waals surface area contributed by atoms with E-state index in [1.54, 1.807) is 14.0 Å². The quantitative estimate of drug-likeness (QED) is 0.875. The number of rotatable bonds is 6. The smallest absolute Gasteiger partial charge is 0.370 e. The molecule has 0 aliphatic rings. The Kier molecular flexibility index (Phi) is 5.76. The van der Waals surface area contributed by atoms with Gasteiger partial charge in [-0.05, 0) is 13.3 Å². The Balaban J connectivity index is 3.15. The van der Waals surface area contributed by atoms with Crippen molar-refractivity contribution < 1.29 is 13.2 Å². The molecule has 0 aromatic carbocycles. The minimum absolute atomic E-state index is 0.130. The van der Waals surface area contributed by atoms with Crippen LogP contribution in [0.25, 0.3) is 0 Å². The first-order chi connectivity index (χ1) is 9.79. The van der Waals surface area contributed by atoms with Gasteiger partial charge in [0.05, 0.1) is 12.5 Å². The topological polar surface area (TPSA) is 64.8 Å². The van der Waals surface area contributed by atoms with Crippen LogP contribution in [0.3, 0.4) is 0 Å². The van der Waals surface area contributed by atoms with Crippen molar-refractivity contribution in [3.05, 3.63) is 11.9 Å². The maximum atomic E-state index is 12.9. The van der Waals surface area contributed by atoms with E-state index >= 15 is 0 Å². The summed E-state index contributed by atoms with van der Waals surface area (Å²) in [5, 5.41) is 11.5.